The van der Waals surface area contributed by atoms with Gasteiger partial charge in [0, 0.05) is 18.5 Å². The van der Waals surface area contributed by atoms with Gasteiger partial charge < -0.3 is 20.2 Å². The lowest BCUT2D eigenvalue weighted by Crippen LogP contribution is -2.15. The van der Waals surface area contributed by atoms with E-state index in [0.717, 1.165) is 0 Å². The number of carbonyl (C=O) groups excluding carboxylic acids is 1. The molecule has 6 nitrogen and oxygen atoms in total. The number of nitrogens with two attached hydrogens (primary N) is 1. The summed E-state index contributed by atoms with van der Waals surface area (Å²) in [5, 5.41) is 2.97. The lowest BCUT2D eigenvalue weighted by atomic mass is 10.1. The van der Waals surface area contributed by atoms with E-state index in [0.29, 0.717) is 42.0 Å². The molecular formula is C20H17F2N3O3. The van der Waals surface area contributed by atoms with E-state index in [1.807, 2.05) is 7.05 Å². The summed E-state index contributed by atoms with van der Waals surface area (Å²) in [4.78, 5) is 15.8. The maximum atomic E-state index is 14.5. The first-order chi connectivity index (χ1) is 13.5. The number of fused-ring (bicyclic) bond motifs is 1. The number of amides is 1. The summed E-state index contributed by atoms with van der Waals surface area (Å²) in [5.74, 6) is -2.00. The molecule has 0 saturated heterocycles. The largest absolute Gasteiger partial charge is 0.492 e. The Bertz CT molecular complexity index is 1060. The molecule has 0 radical (unpaired) electrons. The molecule has 1 aromatic heterocycles. The van der Waals surface area contributed by atoms with E-state index in [9.17, 15) is 13.6 Å². The number of hydrogen-bond donors (Lipinski definition) is 2. The number of aromatic nitrogens is 1. The summed E-state index contributed by atoms with van der Waals surface area (Å²) in [6, 6.07) is 7.95. The first-order valence-electron chi connectivity index (χ1n) is 8.68. The Hall–Kier alpha value is -3.26. The van der Waals surface area contributed by atoms with Crippen molar-refractivity contribution in [1.29, 1.82) is 0 Å². The van der Waals surface area contributed by atoms with Gasteiger partial charge in [0.1, 0.15) is 29.6 Å². The SMILES string of the molecule is CNCCOc1ccc(-c2oc(-c3c(F)cc4c(c3F)C4)nc2C(N)=O)cc1. The Balaban J connectivity index is 1.71. The van der Waals surface area contributed by atoms with Gasteiger partial charge in [0.05, 0.1) is 0 Å². The Morgan fingerprint density at radius 2 is 2.07 bits per heavy atom. The van der Waals surface area contributed by atoms with E-state index in [2.05, 4.69) is 10.3 Å². The molecule has 0 atom stereocenters. The van der Waals surface area contributed by atoms with Crippen LogP contribution in [-0.4, -0.2) is 31.1 Å². The molecule has 1 heterocycles. The molecular weight excluding hydrogens is 368 g/mol. The van der Waals surface area contributed by atoms with Crippen LogP contribution in [-0.2, 0) is 6.42 Å². The number of carbonyl (C=O) groups is 1. The van der Waals surface area contributed by atoms with Gasteiger partial charge in [-0.1, -0.05) is 0 Å². The smallest absolute Gasteiger partial charge is 0.271 e. The van der Waals surface area contributed by atoms with Crippen molar-refractivity contribution in [3.63, 3.8) is 0 Å². The highest BCUT2D eigenvalue weighted by molar-refractivity contribution is 5.97. The molecule has 0 fully saturated rings. The maximum absolute atomic E-state index is 14.5. The highest BCUT2D eigenvalue weighted by atomic mass is 19.1. The van der Waals surface area contributed by atoms with Gasteiger partial charge in [-0.05, 0) is 48.5 Å². The Morgan fingerprint density at radius 3 is 2.75 bits per heavy atom. The highest BCUT2D eigenvalue weighted by Gasteiger charge is 2.31. The minimum absolute atomic E-state index is 0.0490. The average Bonchev–Trinajstić information content (AvgIpc) is 3.31. The van der Waals surface area contributed by atoms with Gasteiger partial charge in [0.25, 0.3) is 5.91 Å². The monoisotopic (exact) mass is 385 g/mol. The van der Waals surface area contributed by atoms with Crippen LogP contribution in [0.2, 0.25) is 0 Å². The van der Waals surface area contributed by atoms with Crippen molar-refractivity contribution in [1.82, 2.24) is 10.3 Å². The summed E-state index contributed by atoms with van der Waals surface area (Å²) in [6.45, 7) is 1.18. The molecule has 0 bridgehead atoms. The van der Waals surface area contributed by atoms with Gasteiger partial charge in [0.15, 0.2) is 11.5 Å². The first kappa shape index (κ1) is 18.1. The second-order valence-electron chi connectivity index (χ2n) is 6.40. The molecule has 0 unspecified atom stereocenters. The van der Waals surface area contributed by atoms with E-state index in [1.54, 1.807) is 24.3 Å². The highest BCUT2D eigenvalue weighted by Crippen LogP contribution is 2.40. The molecule has 2 aromatic carbocycles. The van der Waals surface area contributed by atoms with Gasteiger partial charge in [0.2, 0.25) is 5.89 Å². The average molecular weight is 385 g/mol. The number of hydrogen-bond acceptors (Lipinski definition) is 5. The number of nitrogens with one attached hydrogen (secondary N) is 1. The van der Waals surface area contributed by atoms with Gasteiger partial charge in [-0.3, -0.25) is 4.79 Å². The molecule has 3 aromatic rings. The van der Waals surface area contributed by atoms with Crippen molar-refractivity contribution in [2.75, 3.05) is 20.2 Å². The fraction of sp³-hybridized carbons (Fsp3) is 0.200. The minimum atomic E-state index is -0.855. The second-order valence-corrected chi connectivity index (χ2v) is 6.40. The Morgan fingerprint density at radius 1 is 1.32 bits per heavy atom. The van der Waals surface area contributed by atoms with Gasteiger partial charge in [-0.2, -0.15) is 0 Å². The number of ether oxygens (including phenoxy) is 1. The molecule has 4 rings (SSSR count). The third-order valence-corrected chi connectivity index (χ3v) is 4.47. The van der Waals surface area contributed by atoms with Crippen molar-refractivity contribution in [2.24, 2.45) is 5.73 Å². The quantitative estimate of drug-likeness (QED) is 0.478. The zero-order chi connectivity index (χ0) is 19.8. The summed E-state index contributed by atoms with van der Waals surface area (Å²) >= 11 is 0. The van der Waals surface area contributed by atoms with Gasteiger partial charge in [-0.25, -0.2) is 13.8 Å². The lowest BCUT2D eigenvalue weighted by Gasteiger charge is -2.06. The molecule has 1 aliphatic carbocycles. The summed E-state index contributed by atoms with van der Waals surface area (Å²) in [6.07, 6.45) is 0.397. The van der Waals surface area contributed by atoms with Crippen LogP contribution in [0, 0.1) is 11.6 Å². The fourth-order valence-corrected chi connectivity index (χ4v) is 2.94. The van der Waals surface area contributed by atoms with Crippen LogP contribution < -0.4 is 15.8 Å². The fourth-order valence-electron chi connectivity index (χ4n) is 2.94. The number of nitrogens with zero attached hydrogens (tertiary/aromatic N) is 1. The Labute approximate surface area is 159 Å². The molecule has 1 aliphatic rings. The standard InChI is InChI=1S/C20H17F2N3O3/c1-24-6-7-27-12-4-2-10(3-5-12)18-17(19(23)26)25-20(28-18)15-14(21)9-11-8-13(11)16(15)22/h2-5,9,24H,6-8H2,1H3,(H2,23,26). The van der Waals surface area contributed by atoms with Crippen LogP contribution in [0.25, 0.3) is 22.8 Å². The molecule has 1 amide bonds. The molecule has 8 heteroatoms. The van der Waals surface area contributed by atoms with E-state index < -0.39 is 23.1 Å². The molecule has 28 heavy (non-hydrogen) atoms. The summed E-state index contributed by atoms with van der Waals surface area (Å²) < 4.78 is 39.9. The number of halogens is 2. The van der Waals surface area contributed by atoms with Crippen LogP contribution in [0.15, 0.2) is 34.7 Å². The molecule has 0 saturated carbocycles. The van der Waals surface area contributed by atoms with Crippen molar-refractivity contribution < 1.29 is 22.7 Å². The number of likely N-dealkylation sites (N-methyl/N-ethyl adjacent to an activating group) is 1. The van der Waals surface area contributed by atoms with Crippen LogP contribution >= 0.6 is 0 Å². The summed E-state index contributed by atoms with van der Waals surface area (Å²) in [7, 11) is 1.82. The van der Waals surface area contributed by atoms with E-state index >= 15 is 0 Å². The molecule has 3 N–H and O–H groups in total. The van der Waals surface area contributed by atoms with Crippen molar-refractivity contribution in [2.45, 2.75) is 6.42 Å². The van der Waals surface area contributed by atoms with Gasteiger partial charge in [-0.15, -0.1) is 0 Å². The van der Waals surface area contributed by atoms with E-state index in [-0.39, 0.29) is 17.3 Å². The number of benzene rings is 2. The normalized spacial score (nSPS) is 12.0. The predicted molar refractivity (Wildman–Crippen MR) is 98.0 cm³/mol. The third kappa shape index (κ3) is 3.22. The number of rotatable bonds is 7. The second kappa shape index (κ2) is 7.05. The van der Waals surface area contributed by atoms with Crippen LogP contribution in [0.1, 0.15) is 21.6 Å². The number of primary amides is 1. The van der Waals surface area contributed by atoms with E-state index in [4.69, 9.17) is 14.9 Å². The summed E-state index contributed by atoms with van der Waals surface area (Å²) in [5.41, 5.74) is 6.34. The van der Waals surface area contributed by atoms with Crippen LogP contribution in [0.3, 0.4) is 0 Å². The number of oxazole rings is 1. The Kier molecular flexibility index (Phi) is 4.56. The topological polar surface area (TPSA) is 90.4 Å². The minimum Gasteiger partial charge on any atom is -0.492 e. The molecule has 0 aliphatic heterocycles. The molecule has 0 spiro atoms. The lowest BCUT2D eigenvalue weighted by molar-refractivity contribution is 0.0996. The first-order valence-corrected chi connectivity index (χ1v) is 8.68. The van der Waals surface area contributed by atoms with Crippen molar-refractivity contribution in [3.8, 4) is 28.5 Å². The zero-order valence-corrected chi connectivity index (χ0v) is 15.0. The van der Waals surface area contributed by atoms with Crippen LogP contribution in [0.5, 0.6) is 5.75 Å². The van der Waals surface area contributed by atoms with Crippen LogP contribution in [0.4, 0.5) is 8.78 Å². The third-order valence-electron chi connectivity index (χ3n) is 4.47. The van der Waals surface area contributed by atoms with Crippen molar-refractivity contribution in [3.05, 3.63) is 58.8 Å². The zero-order valence-electron chi connectivity index (χ0n) is 15.0. The molecule has 144 valence electrons. The predicted octanol–water partition coefficient (Wildman–Crippen LogP) is 2.89. The van der Waals surface area contributed by atoms with E-state index in [1.165, 1.54) is 6.07 Å². The van der Waals surface area contributed by atoms with Crippen molar-refractivity contribution >= 4 is 5.91 Å². The maximum Gasteiger partial charge on any atom is 0.271 e. The van der Waals surface area contributed by atoms with Gasteiger partial charge >= 0.3 is 0 Å².